The van der Waals surface area contributed by atoms with Crippen LogP contribution in [0.2, 0.25) is 5.02 Å². The van der Waals surface area contributed by atoms with Crippen LogP contribution in [0.3, 0.4) is 0 Å². The normalized spacial score (nSPS) is 28.3. The van der Waals surface area contributed by atoms with Crippen molar-refractivity contribution in [1.29, 1.82) is 0 Å². The minimum absolute atomic E-state index is 0.176. The largest absolute Gasteiger partial charge is 0.472 e. The molecule has 14 heteroatoms. The molecule has 35 heavy (non-hydrogen) atoms. The Bertz CT molecular complexity index is 1250. The van der Waals surface area contributed by atoms with E-state index in [-0.39, 0.29) is 6.61 Å². The number of phosphoric acid groups is 1. The number of fused-ring (bicyclic) bond motifs is 2. The number of imidazole rings is 1. The molecule has 2 saturated heterocycles. The van der Waals surface area contributed by atoms with Crippen LogP contribution in [0.25, 0.3) is 11.2 Å². The van der Waals surface area contributed by atoms with E-state index in [1.165, 1.54) is 18.1 Å². The first kappa shape index (κ1) is 24.9. The summed E-state index contributed by atoms with van der Waals surface area (Å²) in [5.74, 6) is 1.16. The highest BCUT2D eigenvalue weighted by atomic mass is 35.5. The molecular formula is C21H25ClN5O6PS. The third kappa shape index (κ3) is 5.21. The van der Waals surface area contributed by atoms with E-state index in [2.05, 4.69) is 22.2 Å². The zero-order chi connectivity index (χ0) is 24.6. The molecule has 2 aliphatic heterocycles. The molecule has 0 amide bonds. The Balaban J connectivity index is 1.51. The minimum Gasteiger partial charge on any atom is -0.386 e. The Hall–Kier alpha value is -1.76. The lowest BCUT2D eigenvalue weighted by atomic mass is 10.1. The van der Waals surface area contributed by atoms with Gasteiger partial charge in [0.2, 0.25) is 0 Å². The number of benzene rings is 1. The summed E-state index contributed by atoms with van der Waals surface area (Å²) in [5.41, 5.74) is 2.04. The lowest BCUT2D eigenvalue weighted by Gasteiger charge is -2.27. The molecule has 0 spiro atoms. The molecule has 4 heterocycles. The van der Waals surface area contributed by atoms with Crippen molar-refractivity contribution in [3.8, 4) is 0 Å². The van der Waals surface area contributed by atoms with Gasteiger partial charge in [0.1, 0.15) is 24.6 Å². The second kappa shape index (κ2) is 10.3. The number of aliphatic hydroxyl groups is 1. The number of phosphoric ester groups is 1. The molecular weight excluding hydrogens is 517 g/mol. The summed E-state index contributed by atoms with van der Waals surface area (Å²) in [5, 5.41) is 15.6. The molecule has 2 aromatic heterocycles. The van der Waals surface area contributed by atoms with E-state index in [1.54, 1.807) is 4.57 Å². The van der Waals surface area contributed by atoms with Gasteiger partial charge in [-0.2, -0.15) is 0 Å². The minimum atomic E-state index is -4.25. The summed E-state index contributed by atoms with van der Waals surface area (Å²) in [6.45, 7) is 2.66. The Kier molecular flexibility index (Phi) is 7.34. The van der Waals surface area contributed by atoms with Gasteiger partial charge in [0.25, 0.3) is 0 Å². The summed E-state index contributed by atoms with van der Waals surface area (Å²) >= 11 is 7.45. The van der Waals surface area contributed by atoms with E-state index >= 15 is 0 Å². The monoisotopic (exact) mass is 541 g/mol. The number of nitrogens with one attached hydrogen (secondary N) is 1. The Morgan fingerprint density at radius 2 is 2.11 bits per heavy atom. The summed E-state index contributed by atoms with van der Waals surface area (Å²) in [4.78, 5) is 23.3. The number of hydrogen-bond acceptors (Lipinski definition) is 10. The number of nitrogens with zero attached hydrogens (tertiary/aromatic N) is 4. The van der Waals surface area contributed by atoms with E-state index in [4.69, 9.17) is 30.4 Å². The molecule has 5 rings (SSSR count). The fourth-order valence-corrected chi connectivity index (χ4v) is 6.07. The zero-order valence-electron chi connectivity index (χ0n) is 18.8. The summed E-state index contributed by atoms with van der Waals surface area (Å²) in [6.07, 6.45) is -0.528. The highest BCUT2D eigenvalue weighted by molar-refractivity contribution is 7.98. The highest BCUT2D eigenvalue weighted by Gasteiger charge is 2.53. The number of thioether (sulfide) groups is 1. The predicted molar refractivity (Wildman–Crippen MR) is 130 cm³/mol. The number of ether oxygens (including phenoxy) is 1. The van der Waals surface area contributed by atoms with Crippen molar-refractivity contribution in [3.05, 3.63) is 41.2 Å². The van der Waals surface area contributed by atoms with Gasteiger partial charge in [-0.3, -0.25) is 13.6 Å². The van der Waals surface area contributed by atoms with Crippen LogP contribution in [-0.2, 0) is 24.1 Å². The Morgan fingerprint density at radius 3 is 2.89 bits per heavy atom. The molecule has 3 N–H and O–H groups in total. The van der Waals surface area contributed by atoms with E-state index in [0.29, 0.717) is 32.9 Å². The van der Waals surface area contributed by atoms with E-state index in [9.17, 15) is 14.6 Å². The molecule has 0 radical (unpaired) electrons. The summed E-state index contributed by atoms with van der Waals surface area (Å²) in [6, 6.07) is 7.50. The molecule has 0 bridgehead atoms. The molecule has 5 atom stereocenters. The van der Waals surface area contributed by atoms with Gasteiger partial charge in [0.05, 0.1) is 6.61 Å². The molecule has 3 aromatic rings. The van der Waals surface area contributed by atoms with Crippen LogP contribution in [-0.4, -0.2) is 61.0 Å². The van der Waals surface area contributed by atoms with Crippen molar-refractivity contribution >= 4 is 48.2 Å². The van der Waals surface area contributed by atoms with Crippen LogP contribution >= 0.6 is 31.2 Å². The van der Waals surface area contributed by atoms with Crippen molar-refractivity contribution in [2.45, 2.75) is 55.2 Å². The maximum Gasteiger partial charge on any atom is 0.472 e. The topological polar surface area (TPSA) is 141 Å². The van der Waals surface area contributed by atoms with E-state index in [0.717, 1.165) is 24.9 Å². The predicted octanol–water partition coefficient (Wildman–Crippen LogP) is 3.76. The quantitative estimate of drug-likeness (QED) is 0.218. The number of rotatable bonds is 8. The van der Waals surface area contributed by atoms with Crippen LogP contribution in [0.1, 0.15) is 31.6 Å². The van der Waals surface area contributed by atoms with Gasteiger partial charge in [-0.1, -0.05) is 48.8 Å². The first-order chi connectivity index (χ1) is 16.9. The first-order valence-corrected chi connectivity index (χ1v) is 14.1. The summed E-state index contributed by atoms with van der Waals surface area (Å²) in [7, 11) is -4.25. The molecule has 0 aliphatic carbocycles. The molecule has 188 valence electrons. The maximum absolute atomic E-state index is 11.9. The Labute approximate surface area is 210 Å². The molecule has 2 aliphatic rings. The zero-order valence-corrected chi connectivity index (χ0v) is 21.2. The SMILES string of the molecule is CCCCNc1ncnc2c1nc(SCc1ccc(Cl)cc1)n2C1OC2COP(=O)(O)OC2C1O. The van der Waals surface area contributed by atoms with Crippen LogP contribution in [0.4, 0.5) is 5.82 Å². The van der Waals surface area contributed by atoms with Crippen molar-refractivity contribution in [1.82, 2.24) is 19.5 Å². The number of anilines is 1. The number of aliphatic hydroxyl groups excluding tert-OH is 1. The van der Waals surface area contributed by atoms with Gasteiger partial charge >= 0.3 is 7.82 Å². The number of aromatic nitrogens is 4. The highest BCUT2D eigenvalue weighted by Crippen LogP contribution is 2.53. The third-order valence-electron chi connectivity index (χ3n) is 5.77. The average molecular weight is 542 g/mol. The summed E-state index contributed by atoms with van der Waals surface area (Å²) < 4.78 is 29.7. The number of hydrogen-bond donors (Lipinski definition) is 3. The molecule has 5 unspecified atom stereocenters. The van der Waals surface area contributed by atoms with Crippen LogP contribution in [0, 0.1) is 0 Å². The Morgan fingerprint density at radius 1 is 1.31 bits per heavy atom. The lowest BCUT2D eigenvalue weighted by Crippen LogP contribution is -2.39. The van der Waals surface area contributed by atoms with Crippen molar-refractivity contribution in [2.24, 2.45) is 0 Å². The lowest BCUT2D eigenvalue weighted by molar-refractivity contribution is -0.0684. The van der Waals surface area contributed by atoms with Crippen LogP contribution in [0.15, 0.2) is 35.7 Å². The van der Waals surface area contributed by atoms with Crippen LogP contribution < -0.4 is 5.32 Å². The van der Waals surface area contributed by atoms with Crippen LogP contribution in [0.5, 0.6) is 0 Å². The second-order valence-corrected chi connectivity index (χ2v) is 11.0. The third-order valence-corrected chi connectivity index (χ3v) is 8.03. The van der Waals surface area contributed by atoms with Gasteiger partial charge in [0, 0.05) is 17.3 Å². The standard InChI is InChI=1S/C21H25ClN5O6PS/c1-2-3-8-23-18-15-19(25-11-24-18)27(21(26-15)35-10-12-4-6-13(22)7-5-12)20-16(28)17-14(32-20)9-31-34(29,30)33-17/h4-7,11,14,16-17,20,28H,2-3,8-10H2,1H3,(H,29,30)(H,23,24,25). The van der Waals surface area contributed by atoms with E-state index in [1.807, 2.05) is 24.3 Å². The molecule has 0 saturated carbocycles. The van der Waals surface area contributed by atoms with Crippen molar-refractivity contribution in [3.63, 3.8) is 0 Å². The van der Waals surface area contributed by atoms with Crippen molar-refractivity contribution in [2.75, 3.05) is 18.5 Å². The smallest absolute Gasteiger partial charge is 0.386 e. The van der Waals surface area contributed by atoms with Gasteiger partial charge in [-0.05, 0) is 24.1 Å². The van der Waals surface area contributed by atoms with Crippen molar-refractivity contribution < 1.29 is 28.3 Å². The van der Waals surface area contributed by atoms with E-state index < -0.39 is 32.4 Å². The second-order valence-electron chi connectivity index (χ2n) is 8.24. The van der Waals surface area contributed by atoms with Gasteiger partial charge < -0.3 is 20.1 Å². The van der Waals surface area contributed by atoms with Gasteiger partial charge in [0.15, 0.2) is 28.4 Å². The molecule has 2 fully saturated rings. The molecule has 1 aromatic carbocycles. The number of unbranched alkanes of at least 4 members (excludes halogenated alkanes) is 1. The fourth-order valence-electron chi connectivity index (χ4n) is 4.01. The fraction of sp³-hybridized carbons (Fsp3) is 0.476. The molecule has 11 nitrogen and oxygen atoms in total. The first-order valence-electron chi connectivity index (χ1n) is 11.2. The average Bonchev–Trinajstić information content (AvgIpc) is 3.36. The van der Waals surface area contributed by atoms with Gasteiger partial charge in [-0.15, -0.1) is 0 Å². The number of halogens is 1. The van der Waals surface area contributed by atoms with Gasteiger partial charge in [-0.25, -0.2) is 19.5 Å². The maximum atomic E-state index is 11.9.